The minimum atomic E-state index is -0.484. The summed E-state index contributed by atoms with van der Waals surface area (Å²) in [6.07, 6.45) is 2.09. The standard InChI is InChI=1S/C15H27NO3/c1-14(2,3)12-11(8-10-17)7-9-16(12)13(18)19-15(4,5)6/h10-12H,7-9H2,1-6H3/t11?,12-/m1/s1. The topological polar surface area (TPSA) is 46.6 Å². The van der Waals surface area contributed by atoms with Crippen LogP contribution in [0.1, 0.15) is 54.4 Å². The number of likely N-dealkylation sites (tertiary alicyclic amines) is 1. The van der Waals surface area contributed by atoms with Crippen molar-refractivity contribution in [2.45, 2.75) is 66.0 Å². The Morgan fingerprint density at radius 1 is 1.26 bits per heavy atom. The summed E-state index contributed by atoms with van der Waals surface area (Å²) in [5.74, 6) is 0.241. The van der Waals surface area contributed by atoms with Crippen molar-refractivity contribution >= 4 is 12.4 Å². The minimum absolute atomic E-state index is 0.0545. The third-order valence-corrected chi connectivity index (χ3v) is 3.44. The second-order valence-corrected chi connectivity index (χ2v) is 7.44. The van der Waals surface area contributed by atoms with E-state index in [-0.39, 0.29) is 23.5 Å². The number of hydrogen-bond donors (Lipinski definition) is 0. The highest BCUT2D eigenvalue weighted by Crippen LogP contribution is 2.38. The average Bonchev–Trinajstić information content (AvgIpc) is 2.58. The molecule has 1 aliphatic heterocycles. The van der Waals surface area contributed by atoms with Gasteiger partial charge >= 0.3 is 6.09 Å². The summed E-state index contributed by atoms with van der Waals surface area (Å²) in [4.78, 5) is 24.9. The molecule has 0 aromatic heterocycles. The fraction of sp³-hybridized carbons (Fsp3) is 0.867. The fourth-order valence-electron chi connectivity index (χ4n) is 2.93. The smallest absolute Gasteiger partial charge is 0.410 e. The molecule has 0 aliphatic carbocycles. The maximum absolute atomic E-state index is 12.3. The number of rotatable bonds is 2. The van der Waals surface area contributed by atoms with Gasteiger partial charge in [-0.2, -0.15) is 0 Å². The van der Waals surface area contributed by atoms with Crippen molar-refractivity contribution in [3.8, 4) is 0 Å². The lowest BCUT2D eigenvalue weighted by atomic mass is 9.78. The molecule has 19 heavy (non-hydrogen) atoms. The molecule has 4 heteroatoms. The number of hydrogen-bond acceptors (Lipinski definition) is 3. The molecule has 0 spiro atoms. The van der Waals surface area contributed by atoms with Gasteiger partial charge in [0.05, 0.1) is 0 Å². The molecule has 0 radical (unpaired) electrons. The lowest BCUT2D eigenvalue weighted by Crippen LogP contribution is -2.47. The van der Waals surface area contributed by atoms with Crippen LogP contribution in [0.25, 0.3) is 0 Å². The van der Waals surface area contributed by atoms with Crippen LogP contribution < -0.4 is 0 Å². The molecule has 0 bridgehead atoms. The summed E-state index contributed by atoms with van der Waals surface area (Å²) in [5.41, 5.74) is -0.538. The molecule has 1 unspecified atom stereocenters. The van der Waals surface area contributed by atoms with E-state index in [0.717, 1.165) is 12.7 Å². The van der Waals surface area contributed by atoms with Crippen molar-refractivity contribution in [3.63, 3.8) is 0 Å². The molecule has 1 rings (SSSR count). The number of aldehydes is 1. The third kappa shape index (κ3) is 4.22. The SMILES string of the molecule is CC(C)(C)OC(=O)N1CCC(CC=O)[C@@H]1C(C)(C)C. The molecule has 0 N–H and O–H groups in total. The van der Waals surface area contributed by atoms with Gasteiger partial charge in [-0.15, -0.1) is 0 Å². The number of carbonyl (C=O) groups is 2. The monoisotopic (exact) mass is 269 g/mol. The molecule has 2 atom stereocenters. The van der Waals surface area contributed by atoms with Crippen LogP contribution in [0, 0.1) is 11.3 Å². The normalized spacial score (nSPS) is 24.4. The Balaban J connectivity index is 2.88. The van der Waals surface area contributed by atoms with Crippen molar-refractivity contribution in [2.24, 2.45) is 11.3 Å². The number of nitrogens with zero attached hydrogens (tertiary/aromatic N) is 1. The molecule has 0 aromatic rings. The maximum atomic E-state index is 12.3. The zero-order valence-corrected chi connectivity index (χ0v) is 13.0. The van der Waals surface area contributed by atoms with Gasteiger partial charge in [-0.05, 0) is 38.5 Å². The van der Waals surface area contributed by atoms with Gasteiger partial charge < -0.3 is 14.4 Å². The maximum Gasteiger partial charge on any atom is 0.410 e. The predicted molar refractivity (Wildman–Crippen MR) is 75.0 cm³/mol. The van der Waals surface area contributed by atoms with Crippen molar-refractivity contribution in [1.82, 2.24) is 4.90 Å². The van der Waals surface area contributed by atoms with E-state index in [1.807, 2.05) is 20.8 Å². The fourth-order valence-corrected chi connectivity index (χ4v) is 2.93. The Bertz CT molecular complexity index is 338. The van der Waals surface area contributed by atoms with Crippen molar-refractivity contribution in [3.05, 3.63) is 0 Å². The Morgan fingerprint density at radius 2 is 1.84 bits per heavy atom. The van der Waals surface area contributed by atoms with Gasteiger partial charge in [0.1, 0.15) is 11.9 Å². The van der Waals surface area contributed by atoms with Gasteiger partial charge in [-0.25, -0.2) is 4.79 Å². The highest BCUT2D eigenvalue weighted by Gasteiger charge is 2.44. The Hall–Kier alpha value is -1.06. The molecule has 110 valence electrons. The van der Waals surface area contributed by atoms with Crippen LogP contribution in [-0.2, 0) is 9.53 Å². The summed E-state index contributed by atoms with van der Waals surface area (Å²) in [5, 5.41) is 0. The van der Waals surface area contributed by atoms with Crippen molar-refractivity contribution < 1.29 is 14.3 Å². The van der Waals surface area contributed by atoms with Crippen LogP contribution in [0.5, 0.6) is 0 Å². The van der Waals surface area contributed by atoms with Crippen LogP contribution in [0.4, 0.5) is 4.79 Å². The predicted octanol–water partition coefficient (Wildman–Crippen LogP) is 3.25. The molecule has 1 saturated heterocycles. The van der Waals surface area contributed by atoms with Gasteiger partial charge in [-0.3, -0.25) is 0 Å². The number of amides is 1. The van der Waals surface area contributed by atoms with E-state index in [1.165, 1.54) is 0 Å². The number of ether oxygens (including phenoxy) is 1. The minimum Gasteiger partial charge on any atom is -0.444 e. The second kappa shape index (κ2) is 5.51. The quantitative estimate of drug-likeness (QED) is 0.723. The molecule has 4 nitrogen and oxygen atoms in total. The average molecular weight is 269 g/mol. The first-order chi connectivity index (χ1) is 8.56. The molecule has 1 heterocycles. The zero-order valence-electron chi connectivity index (χ0n) is 13.0. The van der Waals surface area contributed by atoms with Crippen LogP contribution in [0.3, 0.4) is 0 Å². The van der Waals surface area contributed by atoms with E-state index in [0.29, 0.717) is 13.0 Å². The highest BCUT2D eigenvalue weighted by atomic mass is 16.6. The van der Waals surface area contributed by atoms with Gasteiger partial charge in [0.25, 0.3) is 0 Å². The Kier molecular flexibility index (Phi) is 4.64. The van der Waals surface area contributed by atoms with E-state index < -0.39 is 5.60 Å². The van der Waals surface area contributed by atoms with Crippen molar-refractivity contribution in [1.29, 1.82) is 0 Å². The lowest BCUT2D eigenvalue weighted by Gasteiger charge is -2.38. The van der Waals surface area contributed by atoms with Crippen LogP contribution in [0.15, 0.2) is 0 Å². The molecule has 1 aliphatic rings. The van der Waals surface area contributed by atoms with E-state index >= 15 is 0 Å². The second-order valence-electron chi connectivity index (χ2n) is 7.44. The summed E-state index contributed by atoms with van der Waals surface area (Å²) in [6, 6.07) is 0.0625. The van der Waals surface area contributed by atoms with E-state index in [1.54, 1.807) is 4.90 Å². The zero-order chi connectivity index (χ0) is 14.8. The van der Waals surface area contributed by atoms with Crippen LogP contribution in [0.2, 0.25) is 0 Å². The van der Waals surface area contributed by atoms with Gasteiger partial charge in [0.2, 0.25) is 0 Å². The molecule has 1 fully saturated rings. The summed E-state index contributed by atoms with van der Waals surface area (Å²) >= 11 is 0. The number of carbonyl (C=O) groups excluding carboxylic acids is 2. The Labute approximate surface area is 116 Å². The summed E-state index contributed by atoms with van der Waals surface area (Å²) in [7, 11) is 0. The van der Waals surface area contributed by atoms with Gasteiger partial charge in [0, 0.05) is 19.0 Å². The lowest BCUT2D eigenvalue weighted by molar-refractivity contribution is -0.109. The van der Waals surface area contributed by atoms with Crippen LogP contribution >= 0.6 is 0 Å². The highest BCUT2D eigenvalue weighted by molar-refractivity contribution is 5.69. The Morgan fingerprint density at radius 3 is 2.26 bits per heavy atom. The molecular formula is C15H27NO3. The first-order valence-electron chi connectivity index (χ1n) is 6.99. The molecule has 0 saturated carbocycles. The van der Waals surface area contributed by atoms with E-state index in [4.69, 9.17) is 4.74 Å². The van der Waals surface area contributed by atoms with Gasteiger partial charge in [-0.1, -0.05) is 20.8 Å². The molecular weight excluding hydrogens is 242 g/mol. The molecule has 1 amide bonds. The van der Waals surface area contributed by atoms with Crippen LogP contribution in [-0.4, -0.2) is 35.5 Å². The van der Waals surface area contributed by atoms with Gasteiger partial charge in [0.15, 0.2) is 0 Å². The molecule has 0 aromatic carbocycles. The summed E-state index contributed by atoms with van der Waals surface area (Å²) in [6.45, 7) is 12.6. The first kappa shape index (κ1) is 16.0. The van der Waals surface area contributed by atoms with E-state index in [9.17, 15) is 9.59 Å². The van der Waals surface area contributed by atoms with Crippen molar-refractivity contribution in [2.75, 3.05) is 6.54 Å². The third-order valence-electron chi connectivity index (χ3n) is 3.44. The largest absolute Gasteiger partial charge is 0.444 e. The summed E-state index contributed by atoms with van der Waals surface area (Å²) < 4.78 is 5.47. The first-order valence-corrected chi connectivity index (χ1v) is 6.99. The van der Waals surface area contributed by atoms with E-state index in [2.05, 4.69) is 20.8 Å².